The highest BCUT2D eigenvalue weighted by atomic mass is 16.5. The Bertz CT molecular complexity index is 1370. The van der Waals surface area contributed by atoms with E-state index in [1.54, 1.807) is 11.8 Å². The highest BCUT2D eigenvalue weighted by Gasteiger charge is 2.30. The first-order chi connectivity index (χ1) is 16.1. The van der Waals surface area contributed by atoms with Crippen LogP contribution in [0.2, 0.25) is 0 Å². The van der Waals surface area contributed by atoms with Gasteiger partial charge in [-0.05, 0) is 55.7 Å². The molecule has 0 unspecified atom stereocenters. The van der Waals surface area contributed by atoms with E-state index in [1.165, 1.54) is 6.33 Å². The Morgan fingerprint density at radius 1 is 1.09 bits per heavy atom. The van der Waals surface area contributed by atoms with Gasteiger partial charge in [0.25, 0.3) is 5.91 Å². The molecule has 4 aromatic rings. The van der Waals surface area contributed by atoms with Crippen molar-refractivity contribution in [2.24, 2.45) is 0 Å². The van der Waals surface area contributed by atoms with E-state index in [0.717, 1.165) is 40.2 Å². The third kappa shape index (κ3) is 3.99. The van der Waals surface area contributed by atoms with Crippen LogP contribution in [0.4, 0.5) is 5.82 Å². The molecule has 2 aromatic heterocycles. The number of benzene rings is 2. The van der Waals surface area contributed by atoms with Crippen molar-refractivity contribution in [1.29, 1.82) is 0 Å². The number of nitrogen functional groups attached to an aromatic ring is 1. The molecule has 7 heteroatoms. The molecule has 2 N–H and O–H groups in total. The number of nitrogens with zero attached hydrogens (tertiary/aromatic N) is 4. The minimum absolute atomic E-state index is 0.133. The van der Waals surface area contributed by atoms with Gasteiger partial charge in [0.1, 0.15) is 23.3 Å². The second kappa shape index (κ2) is 8.67. The summed E-state index contributed by atoms with van der Waals surface area (Å²) >= 11 is 0. The second-order valence-electron chi connectivity index (χ2n) is 7.93. The minimum Gasteiger partial charge on any atom is -0.457 e. The van der Waals surface area contributed by atoms with Crippen molar-refractivity contribution in [3.05, 3.63) is 72.7 Å². The Hall–Kier alpha value is -4.31. The monoisotopic (exact) mass is 437 g/mol. The smallest absolute Gasteiger partial charge is 0.298 e. The maximum absolute atomic E-state index is 12.2. The molecule has 0 saturated carbocycles. The Morgan fingerprint density at radius 2 is 1.85 bits per heavy atom. The van der Waals surface area contributed by atoms with Gasteiger partial charge in [-0.3, -0.25) is 4.79 Å². The van der Waals surface area contributed by atoms with Crippen molar-refractivity contribution in [2.75, 3.05) is 18.8 Å². The zero-order valence-electron chi connectivity index (χ0n) is 18.2. The maximum atomic E-state index is 12.2. The maximum Gasteiger partial charge on any atom is 0.298 e. The van der Waals surface area contributed by atoms with Gasteiger partial charge in [-0.15, -0.1) is 0 Å². The normalized spacial score (nSPS) is 15.3. The summed E-state index contributed by atoms with van der Waals surface area (Å²) in [6.45, 7) is 2.96. The summed E-state index contributed by atoms with van der Waals surface area (Å²) in [6, 6.07) is 17.5. The van der Waals surface area contributed by atoms with Crippen LogP contribution < -0.4 is 10.5 Å². The largest absolute Gasteiger partial charge is 0.457 e. The fraction of sp³-hybridized carbons (Fsp3) is 0.192. The number of anilines is 1. The Kier molecular flexibility index (Phi) is 5.41. The molecular weight excluding hydrogens is 414 g/mol. The van der Waals surface area contributed by atoms with Crippen molar-refractivity contribution in [2.45, 2.75) is 19.3 Å². The summed E-state index contributed by atoms with van der Waals surface area (Å²) in [5.74, 6) is 7.29. The molecule has 5 rings (SSSR count). The summed E-state index contributed by atoms with van der Waals surface area (Å²) in [6.07, 6.45) is 4.40. The summed E-state index contributed by atoms with van der Waals surface area (Å²) < 4.78 is 7.93. The van der Waals surface area contributed by atoms with Gasteiger partial charge in [0.05, 0.1) is 5.52 Å². The van der Waals surface area contributed by atoms with E-state index in [1.807, 2.05) is 59.2 Å². The number of ether oxygens (including phenoxy) is 1. The number of rotatable bonds is 4. The molecule has 1 fully saturated rings. The van der Waals surface area contributed by atoms with Crippen molar-refractivity contribution < 1.29 is 9.53 Å². The molecule has 7 nitrogen and oxygen atoms in total. The summed E-state index contributed by atoms with van der Waals surface area (Å²) in [4.78, 5) is 22.8. The van der Waals surface area contributed by atoms with Crippen LogP contribution >= 0.6 is 0 Å². The molecule has 33 heavy (non-hydrogen) atoms. The summed E-state index contributed by atoms with van der Waals surface area (Å²) in [5, 5.41) is 0. The number of aromatic nitrogens is 3. The number of nitrogens with two attached hydrogens (primary N) is 1. The van der Waals surface area contributed by atoms with Crippen LogP contribution in [0.5, 0.6) is 11.5 Å². The summed E-state index contributed by atoms with van der Waals surface area (Å²) in [7, 11) is 0. The lowest BCUT2D eigenvalue weighted by molar-refractivity contribution is -0.124. The molecular formula is C26H23N5O2. The molecule has 0 aliphatic carbocycles. The van der Waals surface area contributed by atoms with Gasteiger partial charge in [0.15, 0.2) is 5.82 Å². The lowest BCUT2D eigenvalue weighted by Crippen LogP contribution is -2.26. The molecule has 1 atom stereocenters. The number of carbonyl (C=O) groups excluding carboxylic acids is 1. The van der Waals surface area contributed by atoms with Crippen LogP contribution in [-0.4, -0.2) is 38.4 Å². The fourth-order valence-electron chi connectivity index (χ4n) is 4.29. The van der Waals surface area contributed by atoms with Gasteiger partial charge >= 0.3 is 0 Å². The van der Waals surface area contributed by atoms with E-state index in [9.17, 15) is 4.79 Å². The third-order valence-electron chi connectivity index (χ3n) is 5.87. The molecule has 0 bridgehead atoms. The fourth-order valence-corrected chi connectivity index (χ4v) is 4.29. The predicted octanol–water partition coefficient (Wildman–Crippen LogP) is 4.13. The summed E-state index contributed by atoms with van der Waals surface area (Å²) in [5.41, 5.74) is 9.84. The van der Waals surface area contributed by atoms with Crippen LogP contribution in [-0.2, 0) is 4.79 Å². The predicted molar refractivity (Wildman–Crippen MR) is 127 cm³/mol. The Balaban J connectivity index is 1.48. The third-order valence-corrected chi connectivity index (χ3v) is 5.87. The van der Waals surface area contributed by atoms with Crippen LogP contribution in [0, 0.1) is 11.8 Å². The van der Waals surface area contributed by atoms with E-state index < -0.39 is 0 Å². The number of hydrogen-bond acceptors (Lipinski definition) is 5. The molecule has 3 heterocycles. The van der Waals surface area contributed by atoms with Crippen molar-refractivity contribution in [3.63, 3.8) is 0 Å². The van der Waals surface area contributed by atoms with E-state index >= 15 is 0 Å². The molecule has 0 spiro atoms. The zero-order valence-corrected chi connectivity index (χ0v) is 18.2. The number of likely N-dealkylation sites (tertiary alicyclic amines) is 1. The van der Waals surface area contributed by atoms with Gasteiger partial charge in [-0.25, -0.2) is 9.97 Å². The first-order valence-corrected chi connectivity index (χ1v) is 10.8. The van der Waals surface area contributed by atoms with Gasteiger partial charge in [0, 0.05) is 36.5 Å². The van der Waals surface area contributed by atoms with E-state index in [2.05, 4.69) is 28.0 Å². The lowest BCUT2D eigenvalue weighted by Gasteiger charge is -2.12. The SMILES string of the molecule is CC#CC(=O)N1CC[C@@H](c2cn(-c3ccc(Oc4ccccc4)cc3)c3c(N)ncnc23)C1. The molecule has 0 radical (unpaired) electrons. The first kappa shape index (κ1) is 20.6. The van der Waals surface area contributed by atoms with Gasteiger partial charge in [-0.1, -0.05) is 24.1 Å². The average molecular weight is 438 g/mol. The van der Waals surface area contributed by atoms with Crippen molar-refractivity contribution in [1.82, 2.24) is 19.4 Å². The zero-order chi connectivity index (χ0) is 22.8. The molecule has 1 saturated heterocycles. The van der Waals surface area contributed by atoms with Crippen LogP contribution in [0.3, 0.4) is 0 Å². The van der Waals surface area contributed by atoms with E-state index in [0.29, 0.717) is 18.9 Å². The van der Waals surface area contributed by atoms with Crippen molar-refractivity contribution in [3.8, 4) is 29.0 Å². The highest BCUT2D eigenvalue weighted by molar-refractivity contribution is 5.94. The quantitative estimate of drug-likeness (QED) is 0.485. The second-order valence-corrected chi connectivity index (χ2v) is 7.93. The van der Waals surface area contributed by atoms with Crippen molar-refractivity contribution >= 4 is 22.8 Å². The topological polar surface area (TPSA) is 86.3 Å². The molecule has 2 aromatic carbocycles. The molecule has 1 aliphatic heterocycles. The standard InChI is InChI=1S/C26H23N5O2/c1-2-6-23(32)30-14-13-18(15-30)22-16-31(25-24(22)28-17-29-26(25)27)19-9-11-21(12-10-19)33-20-7-4-3-5-8-20/h3-5,7-12,16-18H,13-15H2,1H3,(H2,27,28,29)/t18-/m1/s1. The highest BCUT2D eigenvalue weighted by Crippen LogP contribution is 2.36. The lowest BCUT2D eigenvalue weighted by atomic mass is 10.0. The minimum atomic E-state index is -0.133. The Morgan fingerprint density at radius 3 is 2.61 bits per heavy atom. The van der Waals surface area contributed by atoms with E-state index in [4.69, 9.17) is 10.5 Å². The number of carbonyl (C=O) groups is 1. The number of fused-ring (bicyclic) bond motifs is 1. The number of hydrogen-bond donors (Lipinski definition) is 1. The van der Waals surface area contributed by atoms with Gasteiger partial charge in [0.2, 0.25) is 0 Å². The first-order valence-electron chi connectivity index (χ1n) is 10.8. The average Bonchev–Trinajstić information content (AvgIpc) is 3.47. The molecule has 164 valence electrons. The molecule has 1 amide bonds. The van der Waals surface area contributed by atoms with Crippen LogP contribution in [0.25, 0.3) is 16.7 Å². The molecule has 1 aliphatic rings. The number of amides is 1. The van der Waals surface area contributed by atoms with Crippen LogP contribution in [0.1, 0.15) is 24.8 Å². The van der Waals surface area contributed by atoms with Gasteiger partial charge in [-0.2, -0.15) is 0 Å². The van der Waals surface area contributed by atoms with Gasteiger partial charge < -0.3 is 19.9 Å². The van der Waals surface area contributed by atoms with Crippen LogP contribution in [0.15, 0.2) is 67.1 Å². The van der Waals surface area contributed by atoms with E-state index in [-0.39, 0.29) is 11.8 Å². The number of para-hydroxylation sites is 1. The Labute approximate surface area is 191 Å².